The van der Waals surface area contributed by atoms with Gasteiger partial charge < -0.3 is 45.1 Å². The zero-order valence-corrected chi connectivity index (χ0v) is 18.7. The van der Waals surface area contributed by atoms with Crippen LogP contribution in [0.3, 0.4) is 0 Å². The Morgan fingerprint density at radius 3 is 2.19 bits per heavy atom. The summed E-state index contributed by atoms with van der Waals surface area (Å²) in [5, 5.41) is 51.6. The van der Waals surface area contributed by atoms with Crippen LogP contribution in [0.4, 0.5) is 0 Å². The molecule has 1 saturated heterocycles. The van der Waals surface area contributed by atoms with Crippen LogP contribution in [-0.2, 0) is 19.0 Å². The van der Waals surface area contributed by atoms with E-state index in [1.54, 1.807) is 0 Å². The molecule has 1 rings (SSSR count). The van der Waals surface area contributed by atoms with Crippen LogP contribution in [0, 0.1) is 5.41 Å². The molecular weight excluding hydrogens is 410 g/mol. The number of carbonyl (C=O) groups is 1. The number of aliphatic hydroxyl groups excluding tert-OH is 5. The maximum absolute atomic E-state index is 11.5. The Morgan fingerprint density at radius 2 is 1.61 bits per heavy atom. The van der Waals surface area contributed by atoms with Crippen molar-refractivity contribution < 1.29 is 44.5 Å². The van der Waals surface area contributed by atoms with Crippen LogP contribution in [0.5, 0.6) is 0 Å². The van der Waals surface area contributed by atoms with Gasteiger partial charge in [0.2, 0.25) is 5.91 Å². The first-order valence-corrected chi connectivity index (χ1v) is 11.1. The minimum atomic E-state index is -1.35. The third-order valence-corrected chi connectivity index (χ3v) is 5.55. The van der Waals surface area contributed by atoms with Crippen molar-refractivity contribution in [2.75, 3.05) is 39.6 Å². The molecule has 0 radical (unpaired) electrons. The van der Waals surface area contributed by atoms with Crippen molar-refractivity contribution in [3.05, 3.63) is 0 Å². The van der Waals surface area contributed by atoms with Crippen molar-refractivity contribution in [3.8, 4) is 0 Å². The summed E-state index contributed by atoms with van der Waals surface area (Å²) in [7, 11) is 0. The first-order valence-electron chi connectivity index (χ1n) is 11.1. The third-order valence-electron chi connectivity index (χ3n) is 5.55. The molecule has 31 heavy (non-hydrogen) atoms. The van der Waals surface area contributed by atoms with E-state index in [1.165, 1.54) is 26.2 Å². The predicted octanol–water partition coefficient (Wildman–Crippen LogP) is -0.705. The first kappa shape index (κ1) is 28.2. The molecule has 184 valence electrons. The molecule has 0 bridgehead atoms. The van der Waals surface area contributed by atoms with Gasteiger partial charge in [0, 0.05) is 13.5 Å². The number of rotatable bonds is 16. The summed E-state index contributed by atoms with van der Waals surface area (Å²) in [6.07, 6.45) is 1.86. The fraction of sp³-hybridized carbons (Fsp3) is 0.952. The van der Waals surface area contributed by atoms with E-state index in [-0.39, 0.29) is 19.1 Å². The Balaban J connectivity index is 2.64. The molecule has 1 aliphatic heterocycles. The predicted molar refractivity (Wildman–Crippen MR) is 112 cm³/mol. The van der Waals surface area contributed by atoms with Crippen molar-refractivity contribution in [2.24, 2.45) is 5.41 Å². The standard InChI is InChI=1S/C21H41NO9/c1-3-4-5-6-7-8-9-30-20-17(22-15(2)26)19(28)18(27)16(31-20)10-29-14-21(11-23,12-24)13-25/h16-20,23-25,27-28H,3-14H2,1-2H3,(H,22,26)/t16-,17+,18-,19-,20+/m1/s1. The number of ether oxygens (including phenoxy) is 3. The van der Waals surface area contributed by atoms with Gasteiger partial charge in [-0.2, -0.15) is 0 Å². The zero-order valence-electron chi connectivity index (χ0n) is 18.7. The largest absolute Gasteiger partial charge is 0.396 e. The second kappa shape index (κ2) is 15.1. The van der Waals surface area contributed by atoms with Gasteiger partial charge in [-0.05, 0) is 6.42 Å². The molecule has 0 spiro atoms. The summed E-state index contributed by atoms with van der Waals surface area (Å²) in [5.41, 5.74) is -1.22. The number of unbranched alkanes of at least 4 members (excludes halogenated alkanes) is 5. The first-order chi connectivity index (χ1) is 14.8. The SMILES string of the molecule is CCCCCCCCO[C@H]1O[C@H](COCC(CO)(CO)CO)[C@@H](O)[C@H](O)[C@@H]1NC(C)=O. The maximum atomic E-state index is 11.5. The van der Waals surface area contributed by atoms with Gasteiger partial charge in [0.1, 0.15) is 24.4 Å². The molecule has 0 aromatic rings. The van der Waals surface area contributed by atoms with Gasteiger partial charge in [0.05, 0.1) is 38.4 Å². The second-order valence-electron chi connectivity index (χ2n) is 8.38. The molecule has 6 N–H and O–H groups in total. The molecule has 1 heterocycles. The fourth-order valence-corrected chi connectivity index (χ4v) is 3.36. The van der Waals surface area contributed by atoms with Crippen LogP contribution < -0.4 is 5.32 Å². The molecule has 0 saturated carbocycles. The van der Waals surface area contributed by atoms with Crippen molar-refractivity contribution in [3.63, 3.8) is 0 Å². The van der Waals surface area contributed by atoms with Gasteiger partial charge in [-0.25, -0.2) is 0 Å². The van der Waals surface area contributed by atoms with Crippen LogP contribution in [0.15, 0.2) is 0 Å². The number of nitrogens with one attached hydrogen (secondary N) is 1. The van der Waals surface area contributed by atoms with Gasteiger partial charge in [0.25, 0.3) is 0 Å². The van der Waals surface area contributed by atoms with E-state index in [0.717, 1.165) is 19.3 Å². The molecule has 1 aliphatic rings. The molecule has 0 aromatic heterocycles. The highest BCUT2D eigenvalue weighted by Gasteiger charge is 2.45. The van der Waals surface area contributed by atoms with Crippen molar-refractivity contribution >= 4 is 5.91 Å². The average Bonchev–Trinajstić information content (AvgIpc) is 2.76. The van der Waals surface area contributed by atoms with Crippen LogP contribution in [0.1, 0.15) is 52.4 Å². The lowest BCUT2D eigenvalue weighted by Crippen LogP contribution is -2.64. The van der Waals surface area contributed by atoms with Crippen LogP contribution >= 0.6 is 0 Å². The minimum Gasteiger partial charge on any atom is -0.396 e. The van der Waals surface area contributed by atoms with E-state index < -0.39 is 55.9 Å². The molecular formula is C21H41NO9. The van der Waals surface area contributed by atoms with E-state index >= 15 is 0 Å². The summed E-state index contributed by atoms with van der Waals surface area (Å²) in [5.74, 6) is -0.388. The van der Waals surface area contributed by atoms with Gasteiger partial charge in [-0.3, -0.25) is 4.79 Å². The Morgan fingerprint density at radius 1 is 1.00 bits per heavy atom. The average molecular weight is 452 g/mol. The van der Waals surface area contributed by atoms with E-state index in [2.05, 4.69) is 12.2 Å². The van der Waals surface area contributed by atoms with Crippen LogP contribution in [0.25, 0.3) is 0 Å². The highest BCUT2D eigenvalue weighted by atomic mass is 16.7. The lowest BCUT2D eigenvalue weighted by atomic mass is 9.92. The normalized spacial score (nSPS) is 26.7. The molecule has 0 aromatic carbocycles. The van der Waals surface area contributed by atoms with E-state index in [0.29, 0.717) is 6.61 Å². The monoisotopic (exact) mass is 451 g/mol. The summed E-state index contributed by atoms with van der Waals surface area (Å²) in [4.78, 5) is 11.5. The topological polar surface area (TPSA) is 158 Å². The van der Waals surface area contributed by atoms with Crippen LogP contribution in [0.2, 0.25) is 0 Å². The second-order valence-corrected chi connectivity index (χ2v) is 8.38. The summed E-state index contributed by atoms with van der Waals surface area (Å²) < 4.78 is 17.0. The molecule has 1 fully saturated rings. The zero-order chi connectivity index (χ0) is 23.3. The van der Waals surface area contributed by atoms with Crippen molar-refractivity contribution in [1.29, 1.82) is 0 Å². The maximum Gasteiger partial charge on any atom is 0.217 e. The van der Waals surface area contributed by atoms with Crippen molar-refractivity contribution in [1.82, 2.24) is 5.32 Å². The molecule has 5 atom stereocenters. The van der Waals surface area contributed by atoms with Gasteiger partial charge in [0.15, 0.2) is 6.29 Å². The van der Waals surface area contributed by atoms with Gasteiger partial charge >= 0.3 is 0 Å². The molecule has 10 heteroatoms. The number of aliphatic hydroxyl groups is 5. The lowest BCUT2D eigenvalue weighted by molar-refractivity contribution is -0.274. The highest BCUT2D eigenvalue weighted by Crippen LogP contribution is 2.24. The Hall–Kier alpha value is -0.850. The Bertz CT molecular complexity index is 481. The Kier molecular flexibility index (Phi) is 13.7. The summed E-state index contributed by atoms with van der Waals surface area (Å²) in [6.45, 7) is 2.06. The summed E-state index contributed by atoms with van der Waals surface area (Å²) >= 11 is 0. The number of amides is 1. The number of hydrogen-bond donors (Lipinski definition) is 6. The molecule has 1 amide bonds. The van der Waals surface area contributed by atoms with Crippen LogP contribution in [-0.4, -0.2) is 102 Å². The van der Waals surface area contributed by atoms with E-state index in [9.17, 15) is 30.3 Å². The molecule has 10 nitrogen and oxygen atoms in total. The Labute approximate surface area is 184 Å². The summed E-state index contributed by atoms with van der Waals surface area (Å²) in [6, 6.07) is -0.935. The number of hydrogen-bond acceptors (Lipinski definition) is 9. The van der Waals surface area contributed by atoms with Gasteiger partial charge in [-0.1, -0.05) is 39.0 Å². The molecule has 0 aliphatic carbocycles. The smallest absolute Gasteiger partial charge is 0.217 e. The molecule has 0 unspecified atom stereocenters. The number of carbonyl (C=O) groups excluding carboxylic acids is 1. The van der Waals surface area contributed by atoms with Crippen molar-refractivity contribution in [2.45, 2.75) is 83.0 Å². The van der Waals surface area contributed by atoms with E-state index in [4.69, 9.17) is 14.2 Å². The van der Waals surface area contributed by atoms with E-state index in [1.807, 2.05) is 0 Å². The third kappa shape index (κ3) is 9.27. The lowest BCUT2D eigenvalue weighted by Gasteiger charge is -2.42. The highest BCUT2D eigenvalue weighted by molar-refractivity contribution is 5.73. The minimum absolute atomic E-state index is 0.163. The van der Waals surface area contributed by atoms with Gasteiger partial charge in [-0.15, -0.1) is 0 Å². The quantitative estimate of drug-likeness (QED) is 0.167. The fourth-order valence-electron chi connectivity index (χ4n) is 3.36.